The first-order valence-electron chi connectivity index (χ1n) is 12.3. The number of carboxylic acid groups (broad SMARTS) is 2. The van der Waals surface area contributed by atoms with E-state index in [-0.39, 0.29) is 0 Å². The van der Waals surface area contributed by atoms with Gasteiger partial charge in [-0.1, -0.05) is 19.3 Å². The highest BCUT2D eigenvalue weighted by molar-refractivity contribution is 8.01. The molecule has 0 bridgehead atoms. The highest BCUT2D eigenvalue weighted by Gasteiger charge is 2.31. The molecule has 0 radical (unpaired) electrons. The van der Waals surface area contributed by atoms with Crippen LogP contribution < -0.4 is 0 Å². The molecule has 0 saturated carbocycles. The molecule has 6 heteroatoms. The van der Waals surface area contributed by atoms with Crippen molar-refractivity contribution in [3.05, 3.63) is 0 Å². The standard InChI is InChI=1S/C25H44O4S2/c1-24(2,22(26)27)16-6-10-20-14-12-18(30-20)8-5-9-19-13-15-21(31-19)11-7-17-25(3,4)23(28)29/h18-21H,5-17H2,1-4H3,(H,26,27)(H,28,29). The van der Waals surface area contributed by atoms with Gasteiger partial charge in [0.25, 0.3) is 0 Å². The van der Waals surface area contributed by atoms with Gasteiger partial charge in [0.1, 0.15) is 0 Å². The first-order chi connectivity index (χ1) is 14.5. The minimum absolute atomic E-state index is 0.591. The fourth-order valence-corrected chi connectivity index (χ4v) is 8.13. The first kappa shape index (κ1) is 26.9. The van der Waals surface area contributed by atoms with Crippen LogP contribution in [-0.4, -0.2) is 43.2 Å². The largest absolute Gasteiger partial charge is 0.481 e. The van der Waals surface area contributed by atoms with E-state index in [0.717, 1.165) is 59.5 Å². The summed E-state index contributed by atoms with van der Waals surface area (Å²) >= 11 is 4.33. The summed E-state index contributed by atoms with van der Waals surface area (Å²) in [6.07, 6.45) is 15.2. The maximum atomic E-state index is 11.2. The SMILES string of the molecule is CC(C)(CCCC1CCC(CCCC2CCC(CCCC(C)(C)C(=O)O)S2)S1)C(=O)O. The monoisotopic (exact) mass is 472 g/mol. The van der Waals surface area contributed by atoms with Crippen LogP contribution in [-0.2, 0) is 9.59 Å². The molecule has 2 saturated heterocycles. The summed E-state index contributed by atoms with van der Waals surface area (Å²) in [6, 6.07) is 0. The van der Waals surface area contributed by atoms with E-state index in [9.17, 15) is 19.8 Å². The van der Waals surface area contributed by atoms with Crippen molar-refractivity contribution in [1.82, 2.24) is 0 Å². The van der Waals surface area contributed by atoms with E-state index < -0.39 is 22.8 Å². The Morgan fingerprint density at radius 1 is 0.645 bits per heavy atom. The maximum Gasteiger partial charge on any atom is 0.309 e. The number of aliphatic carboxylic acids is 2. The van der Waals surface area contributed by atoms with Gasteiger partial charge in [-0.2, -0.15) is 23.5 Å². The van der Waals surface area contributed by atoms with Gasteiger partial charge in [0.15, 0.2) is 0 Å². The molecule has 2 rings (SSSR count). The van der Waals surface area contributed by atoms with E-state index >= 15 is 0 Å². The fraction of sp³-hybridized carbons (Fsp3) is 0.920. The van der Waals surface area contributed by atoms with Gasteiger partial charge >= 0.3 is 11.9 Å². The number of hydrogen-bond acceptors (Lipinski definition) is 4. The molecule has 4 unspecified atom stereocenters. The van der Waals surface area contributed by atoms with Crippen LogP contribution in [0.2, 0.25) is 0 Å². The van der Waals surface area contributed by atoms with Gasteiger partial charge in [-0.3, -0.25) is 9.59 Å². The zero-order chi connectivity index (χ0) is 23.1. The molecule has 2 fully saturated rings. The number of rotatable bonds is 14. The van der Waals surface area contributed by atoms with Crippen molar-refractivity contribution in [1.29, 1.82) is 0 Å². The summed E-state index contributed by atoms with van der Waals surface area (Å²) in [7, 11) is 0. The quantitative estimate of drug-likeness (QED) is 0.277. The molecule has 0 spiro atoms. The van der Waals surface area contributed by atoms with Crippen molar-refractivity contribution >= 4 is 35.5 Å². The molecule has 31 heavy (non-hydrogen) atoms. The Bertz CT molecular complexity index is 540. The van der Waals surface area contributed by atoms with Crippen LogP contribution in [0.5, 0.6) is 0 Å². The molecule has 4 atom stereocenters. The Balaban J connectivity index is 1.53. The van der Waals surface area contributed by atoms with Crippen LogP contribution in [0.3, 0.4) is 0 Å². The third-order valence-corrected chi connectivity index (χ3v) is 10.7. The minimum Gasteiger partial charge on any atom is -0.481 e. The smallest absolute Gasteiger partial charge is 0.309 e. The molecule has 0 aliphatic carbocycles. The van der Waals surface area contributed by atoms with Crippen molar-refractivity contribution in [2.45, 2.75) is 132 Å². The summed E-state index contributed by atoms with van der Waals surface area (Å²) in [4.78, 5) is 22.5. The van der Waals surface area contributed by atoms with E-state index in [1.165, 1.54) is 44.9 Å². The molecular weight excluding hydrogens is 428 g/mol. The van der Waals surface area contributed by atoms with E-state index in [0.29, 0.717) is 0 Å². The fourth-order valence-electron chi connectivity index (χ4n) is 4.74. The Hall–Kier alpha value is -0.360. The molecule has 180 valence electrons. The van der Waals surface area contributed by atoms with Gasteiger partial charge in [-0.25, -0.2) is 0 Å². The molecule has 0 amide bonds. The maximum absolute atomic E-state index is 11.2. The van der Waals surface area contributed by atoms with Crippen molar-refractivity contribution < 1.29 is 19.8 Å². The highest BCUT2D eigenvalue weighted by Crippen LogP contribution is 2.42. The van der Waals surface area contributed by atoms with Gasteiger partial charge in [0, 0.05) is 21.0 Å². The lowest BCUT2D eigenvalue weighted by Gasteiger charge is -2.20. The predicted octanol–water partition coefficient (Wildman–Crippen LogP) is 7.25. The van der Waals surface area contributed by atoms with Gasteiger partial charge in [-0.05, 0) is 91.9 Å². The predicted molar refractivity (Wildman–Crippen MR) is 133 cm³/mol. The average molecular weight is 473 g/mol. The van der Waals surface area contributed by atoms with Crippen molar-refractivity contribution in [3.8, 4) is 0 Å². The molecule has 2 N–H and O–H groups in total. The minimum atomic E-state index is -0.680. The van der Waals surface area contributed by atoms with Gasteiger partial charge in [0.05, 0.1) is 10.8 Å². The second-order valence-corrected chi connectivity index (χ2v) is 14.2. The molecule has 2 aliphatic rings. The lowest BCUT2D eigenvalue weighted by atomic mass is 9.87. The number of carbonyl (C=O) groups is 2. The van der Waals surface area contributed by atoms with E-state index in [4.69, 9.17) is 0 Å². The van der Waals surface area contributed by atoms with Crippen LogP contribution in [0, 0.1) is 10.8 Å². The van der Waals surface area contributed by atoms with E-state index in [1.807, 2.05) is 27.7 Å². The molecule has 2 aliphatic heterocycles. The molecule has 4 nitrogen and oxygen atoms in total. The first-order valence-corrected chi connectivity index (χ1v) is 14.2. The molecule has 2 heterocycles. The lowest BCUT2D eigenvalue weighted by Crippen LogP contribution is -2.23. The zero-order valence-corrected chi connectivity index (χ0v) is 21.7. The highest BCUT2D eigenvalue weighted by atomic mass is 32.2. The van der Waals surface area contributed by atoms with Crippen molar-refractivity contribution in [3.63, 3.8) is 0 Å². The molecule has 0 aromatic carbocycles. The second-order valence-electron chi connectivity index (χ2n) is 11.0. The topological polar surface area (TPSA) is 74.6 Å². The van der Waals surface area contributed by atoms with Crippen molar-refractivity contribution in [2.75, 3.05) is 0 Å². The summed E-state index contributed by atoms with van der Waals surface area (Å²) in [5.74, 6) is -1.36. The Labute approximate surface area is 198 Å². The molecule has 0 aromatic heterocycles. The summed E-state index contributed by atoms with van der Waals surface area (Å²) < 4.78 is 0. The Morgan fingerprint density at radius 2 is 0.935 bits per heavy atom. The normalized spacial score (nSPS) is 27.0. The lowest BCUT2D eigenvalue weighted by molar-refractivity contribution is -0.148. The van der Waals surface area contributed by atoms with Crippen LogP contribution >= 0.6 is 23.5 Å². The van der Waals surface area contributed by atoms with Crippen LogP contribution in [0.15, 0.2) is 0 Å². The van der Waals surface area contributed by atoms with Crippen LogP contribution in [0.1, 0.15) is 111 Å². The van der Waals surface area contributed by atoms with Crippen LogP contribution in [0.25, 0.3) is 0 Å². The number of hydrogen-bond donors (Lipinski definition) is 2. The van der Waals surface area contributed by atoms with E-state index in [1.54, 1.807) is 0 Å². The number of carboxylic acids is 2. The molecule has 0 aromatic rings. The summed E-state index contributed by atoms with van der Waals surface area (Å²) in [5.41, 5.74) is -1.18. The summed E-state index contributed by atoms with van der Waals surface area (Å²) in [5, 5.41) is 21.6. The summed E-state index contributed by atoms with van der Waals surface area (Å²) in [6.45, 7) is 7.34. The van der Waals surface area contributed by atoms with Gasteiger partial charge < -0.3 is 10.2 Å². The van der Waals surface area contributed by atoms with Crippen molar-refractivity contribution in [2.24, 2.45) is 10.8 Å². The second kappa shape index (κ2) is 12.2. The van der Waals surface area contributed by atoms with Gasteiger partial charge in [-0.15, -0.1) is 0 Å². The third-order valence-electron chi connectivity index (χ3n) is 7.26. The average Bonchev–Trinajstić information content (AvgIpc) is 3.31. The number of thioether (sulfide) groups is 2. The van der Waals surface area contributed by atoms with Crippen LogP contribution in [0.4, 0.5) is 0 Å². The van der Waals surface area contributed by atoms with Gasteiger partial charge in [0.2, 0.25) is 0 Å². The third kappa shape index (κ3) is 9.19. The van der Waals surface area contributed by atoms with E-state index in [2.05, 4.69) is 23.5 Å². The zero-order valence-electron chi connectivity index (χ0n) is 20.0. The Kier molecular flexibility index (Phi) is 10.6. The molecular formula is C25H44O4S2. The Morgan fingerprint density at radius 3 is 1.23 bits per heavy atom.